The number of nitrogens with zero attached hydrogens (tertiary/aromatic N) is 1. The van der Waals surface area contributed by atoms with Crippen LogP contribution in [-0.2, 0) is 0 Å². The first-order valence-corrected chi connectivity index (χ1v) is 8.41. The quantitative estimate of drug-likeness (QED) is 0.878. The van der Waals surface area contributed by atoms with Crippen LogP contribution >= 0.6 is 0 Å². The maximum Gasteiger partial charge on any atom is 0.253 e. The molecule has 0 spiro atoms. The molecule has 3 rings (SSSR count). The molecule has 126 valence electrons. The summed E-state index contributed by atoms with van der Waals surface area (Å²) in [6.45, 7) is 5.55. The van der Waals surface area contributed by atoms with Crippen molar-refractivity contribution in [1.29, 1.82) is 0 Å². The summed E-state index contributed by atoms with van der Waals surface area (Å²) >= 11 is 0. The maximum absolute atomic E-state index is 12.5. The second-order valence-corrected chi connectivity index (χ2v) is 6.50. The van der Waals surface area contributed by atoms with Gasteiger partial charge in [-0.2, -0.15) is 0 Å². The minimum Gasteiger partial charge on any atom is -0.490 e. The lowest BCUT2D eigenvalue weighted by Crippen LogP contribution is -2.41. The van der Waals surface area contributed by atoms with Crippen LogP contribution in [0.3, 0.4) is 0 Å². The van der Waals surface area contributed by atoms with E-state index in [0.29, 0.717) is 24.3 Å². The Labute approximate surface area is 143 Å². The van der Waals surface area contributed by atoms with Gasteiger partial charge in [0.2, 0.25) is 0 Å². The van der Waals surface area contributed by atoms with Crippen molar-refractivity contribution in [3.8, 4) is 5.75 Å². The van der Waals surface area contributed by atoms with Crippen molar-refractivity contribution >= 4 is 11.6 Å². The van der Waals surface area contributed by atoms with Gasteiger partial charge in [-0.3, -0.25) is 4.79 Å². The molecule has 0 aromatic heterocycles. The summed E-state index contributed by atoms with van der Waals surface area (Å²) < 4.78 is 6.16. The van der Waals surface area contributed by atoms with Crippen LogP contribution in [0.5, 0.6) is 5.75 Å². The van der Waals surface area contributed by atoms with Crippen molar-refractivity contribution < 1.29 is 9.53 Å². The minimum atomic E-state index is 0.0486. The summed E-state index contributed by atoms with van der Waals surface area (Å²) in [5.41, 5.74) is 9.40. The molecular formula is C20H24N2O2. The summed E-state index contributed by atoms with van der Waals surface area (Å²) in [5, 5.41) is 0. The highest BCUT2D eigenvalue weighted by molar-refractivity contribution is 5.95. The van der Waals surface area contributed by atoms with Crippen LogP contribution in [0.2, 0.25) is 0 Å². The summed E-state index contributed by atoms with van der Waals surface area (Å²) in [4.78, 5) is 14.4. The van der Waals surface area contributed by atoms with Crippen LogP contribution in [0.1, 0.15) is 34.3 Å². The Hall–Kier alpha value is -2.49. The Bertz CT molecular complexity index is 734. The highest BCUT2D eigenvalue weighted by Gasteiger charge is 2.25. The van der Waals surface area contributed by atoms with Gasteiger partial charge in [-0.05, 0) is 49.2 Å². The smallest absolute Gasteiger partial charge is 0.253 e. The number of benzene rings is 2. The zero-order valence-electron chi connectivity index (χ0n) is 14.3. The van der Waals surface area contributed by atoms with E-state index in [1.54, 1.807) is 12.1 Å². The van der Waals surface area contributed by atoms with Crippen molar-refractivity contribution in [3.05, 3.63) is 59.2 Å². The van der Waals surface area contributed by atoms with E-state index in [1.165, 1.54) is 5.56 Å². The SMILES string of the molecule is Cc1ccc(C)c(OC2CCN(C(=O)c3cccc(N)c3)CC2)c1. The Morgan fingerprint density at radius 3 is 2.58 bits per heavy atom. The molecule has 0 atom stereocenters. The number of ether oxygens (including phenoxy) is 1. The summed E-state index contributed by atoms with van der Waals surface area (Å²) in [7, 11) is 0. The number of amides is 1. The van der Waals surface area contributed by atoms with Crippen LogP contribution in [0, 0.1) is 13.8 Å². The first-order chi connectivity index (χ1) is 11.5. The van der Waals surface area contributed by atoms with Crippen LogP contribution in [0.25, 0.3) is 0 Å². The first-order valence-electron chi connectivity index (χ1n) is 8.41. The number of nitrogen functional groups attached to an aromatic ring is 1. The van der Waals surface area contributed by atoms with Gasteiger partial charge >= 0.3 is 0 Å². The fourth-order valence-electron chi connectivity index (χ4n) is 3.04. The number of aryl methyl sites for hydroxylation is 2. The fraction of sp³-hybridized carbons (Fsp3) is 0.350. The molecule has 2 aromatic carbocycles. The van der Waals surface area contributed by atoms with Crippen molar-refractivity contribution in [3.63, 3.8) is 0 Å². The number of carbonyl (C=O) groups is 1. The predicted octanol–water partition coefficient (Wildman–Crippen LogP) is 3.57. The van der Waals surface area contributed by atoms with E-state index in [1.807, 2.05) is 17.0 Å². The summed E-state index contributed by atoms with van der Waals surface area (Å²) in [5.74, 6) is 1.00. The third kappa shape index (κ3) is 3.70. The lowest BCUT2D eigenvalue weighted by molar-refractivity contribution is 0.0594. The average Bonchev–Trinajstić information content (AvgIpc) is 2.58. The molecule has 1 aliphatic rings. The van der Waals surface area contributed by atoms with Crippen LogP contribution in [-0.4, -0.2) is 30.0 Å². The Morgan fingerprint density at radius 1 is 1.12 bits per heavy atom. The number of carbonyl (C=O) groups excluding carboxylic acids is 1. The average molecular weight is 324 g/mol. The number of likely N-dealkylation sites (tertiary alicyclic amines) is 1. The normalized spacial score (nSPS) is 15.3. The van der Waals surface area contributed by atoms with Gasteiger partial charge in [0.15, 0.2) is 0 Å². The number of anilines is 1. The highest BCUT2D eigenvalue weighted by atomic mass is 16.5. The molecule has 0 bridgehead atoms. The van der Waals surface area contributed by atoms with Crippen molar-refractivity contribution in [2.75, 3.05) is 18.8 Å². The highest BCUT2D eigenvalue weighted by Crippen LogP contribution is 2.24. The molecule has 0 saturated carbocycles. The lowest BCUT2D eigenvalue weighted by Gasteiger charge is -2.32. The third-order valence-corrected chi connectivity index (χ3v) is 4.50. The standard InChI is InChI=1S/C20H24N2O2/c1-14-6-7-15(2)19(12-14)24-18-8-10-22(11-9-18)20(23)16-4-3-5-17(21)13-16/h3-7,12-13,18H,8-11,21H2,1-2H3. The molecule has 2 N–H and O–H groups in total. The molecule has 1 saturated heterocycles. The second-order valence-electron chi connectivity index (χ2n) is 6.50. The summed E-state index contributed by atoms with van der Waals surface area (Å²) in [6.07, 6.45) is 1.86. The van der Waals surface area contributed by atoms with Gasteiger partial charge in [0.25, 0.3) is 5.91 Å². The molecule has 4 nitrogen and oxygen atoms in total. The summed E-state index contributed by atoms with van der Waals surface area (Å²) in [6, 6.07) is 13.4. The van der Waals surface area contributed by atoms with E-state index in [2.05, 4.69) is 32.0 Å². The Balaban J connectivity index is 1.59. The third-order valence-electron chi connectivity index (χ3n) is 4.50. The largest absolute Gasteiger partial charge is 0.490 e. The molecule has 0 unspecified atom stereocenters. The van der Waals surface area contributed by atoms with Gasteiger partial charge in [-0.1, -0.05) is 18.2 Å². The molecule has 24 heavy (non-hydrogen) atoms. The Kier molecular flexibility index (Phi) is 4.74. The molecule has 0 radical (unpaired) electrons. The van der Waals surface area contributed by atoms with Crippen molar-refractivity contribution in [1.82, 2.24) is 4.90 Å². The molecule has 2 aromatic rings. The topological polar surface area (TPSA) is 55.6 Å². The predicted molar refractivity (Wildman–Crippen MR) is 96.3 cm³/mol. The zero-order chi connectivity index (χ0) is 17.1. The monoisotopic (exact) mass is 324 g/mol. The van der Waals surface area contributed by atoms with Gasteiger partial charge in [-0.15, -0.1) is 0 Å². The fourth-order valence-corrected chi connectivity index (χ4v) is 3.04. The molecular weight excluding hydrogens is 300 g/mol. The molecule has 1 fully saturated rings. The molecule has 0 aliphatic carbocycles. The van der Waals surface area contributed by atoms with E-state index < -0.39 is 0 Å². The van der Waals surface area contributed by atoms with Crippen LogP contribution in [0.15, 0.2) is 42.5 Å². The van der Waals surface area contributed by atoms with E-state index in [4.69, 9.17) is 10.5 Å². The number of hydrogen-bond donors (Lipinski definition) is 1. The van der Waals surface area contributed by atoms with Gasteiger partial charge in [0.1, 0.15) is 11.9 Å². The van der Waals surface area contributed by atoms with E-state index >= 15 is 0 Å². The molecule has 1 aliphatic heterocycles. The minimum absolute atomic E-state index is 0.0486. The first kappa shape index (κ1) is 16.4. The van der Waals surface area contributed by atoms with E-state index in [0.717, 1.165) is 24.2 Å². The van der Waals surface area contributed by atoms with Gasteiger partial charge in [0, 0.05) is 37.2 Å². The number of nitrogens with two attached hydrogens (primary N) is 1. The van der Waals surface area contributed by atoms with Gasteiger partial charge < -0.3 is 15.4 Å². The second kappa shape index (κ2) is 6.95. The number of piperidine rings is 1. The van der Waals surface area contributed by atoms with Crippen LogP contribution in [0.4, 0.5) is 5.69 Å². The number of hydrogen-bond acceptors (Lipinski definition) is 3. The lowest BCUT2D eigenvalue weighted by atomic mass is 10.1. The van der Waals surface area contributed by atoms with Gasteiger partial charge in [0.05, 0.1) is 0 Å². The molecule has 4 heteroatoms. The number of rotatable bonds is 3. The van der Waals surface area contributed by atoms with Crippen molar-refractivity contribution in [2.24, 2.45) is 0 Å². The van der Waals surface area contributed by atoms with E-state index in [9.17, 15) is 4.79 Å². The van der Waals surface area contributed by atoms with Gasteiger partial charge in [-0.25, -0.2) is 0 Å². The maximum atomic E-state index is 12.5. The molecule has 1 heterocycles. The molecule has 1 amide bonds. The van der Waals surface area contributed by atoms with Crippen molar-refractivity contribution in [2.45, 2.75) is 32.8 Å². The Morgan fingerprint density at radius 2 is 1.88 bits per heavy atom. The van der Waals surface area contributed by atoms with E-state index in [-0.39, 0.29) is 12.0 Å². The zero-order valence-corrected chi connectivity index (χ0v) is 14.3. The van der Waals surface area contributed by atoms with Crippen LogP contribution < -0.4 is 10.5 Å².